The summed E-state index contributed by atoms with van der Waals surface area (Å²) in [5.41, 5.74) is 3.41. The molecule has 0 unspecified atom stereocenters. The van der Waals surface area contributed by atoms with E-state index < -0.39 is 6.10 Å². The second-order valence-corrected chi connectivity index (χ2v) is 4.08. The minimum Gasteiger partial charge on any atom is -0.481 e. The summed E-state index contributed by atoms with van der Waals surface area (Å²) in [6.45, 7) is 7.81. The van der Waals surface area contributed by atoms with Crippen molar-refractivity contribution in [3.8, 4) is 5.75 Å². The van der Waals surface area contributed by atoms with Crippen LogP contribution in [0.25, 0.3) is 0 Å². The van der Waals surface area contributed by atoms with Crippen LogP contribution in [0.15, 0.2) is 12.1 Å². The van der Waals surface area contributed by atoms with E-state index in [-0.39, 0.29) is 5.91 Å². The SMILES string of the molecule is CNC(=O)[C@H](C)Oc1cc(C)cc(C)c1C. The topological polar surface area (TPSA) is 38.3 Å². The normalized spacial score (nSPS) is 12.1. The van der Waals surface area contributed by atoms with Gasteiger partial charge in [-0.3, -0.25) is 4.79 Å². The number of amides is 1. The molecule has 88 valence electrons. The van der Waals surface area contributed by atoms with E-state index in [4.69, 9.17) is 4.74 Å². The molecule has 0 saturated heterocycles. The van der Waals surface area contributed by atoms with Gasteiger partial charge >= 0.3 is 0 Å². The molecule has 3 nitrogen and oxygen atoms in total. The number of rotatable bonds is 3. The van der Waals surface area contributed by atoms with Crippen molar-refractivity contribution in [2.45, 2.75) is 33.8 Å². The first-order valence-electron chi connectivity index (χ1n) is 5.41. The maximum Gasteiger partial charge on any atom is 0.260 e. The van der Waals surface area contributed by atoms with Crippen LogP contribution in [0.4, 0.5) is 0 Å². The maximum atomic E-state index is 11.4. The molecule has 3 heteroatoms. The van der Waals surface area contributed by atoms with Gasteiger partial charge in [0.2, 0.25) is 0 Å². The van der Waals surface area contributed by atoms with E-state index in [9.17, 15) is 4.79 Å². The molecular formula is C13H19NO2. The lowest BCUT2D eigenvalue weighted by molar-refractivity contribution is -0.126. The number of likely N-dealkylation sites (N-methyl/N-ethyl adjacent to an activating group) is 1. The lowest BCUT2D eigenvalue weighted by Crippen LogP contribution is -2.33. The number of benzene rings is 1. The summed E-state index contributed by atoms with van der Waals surface area (Å²) in [6.07, 6.45) is -0.468. The number of hydrogen-bond donors (Lipinski definition) is 1. The fourth-order valence-electron chi connectivity index (χ4n) is 1.57. The first-order valence-corrected chi connectivity index (χ1v) is 5.41. The molecule has 1 atom stereocenters. The number of carbonyl (C=O) groups is 1. The molecule has 1 amide bonds. The molecule has 0 aliphatic carbocycles. The van der Waals surface area contributed by atoms with E-state index in [1.54, 1.807) is 14.0 Å². The average Bonchev–Trinajstić information content (AvgIpc) is 2.23. The molecule has 1 aromatic rings. The van der Waals surface area contributed by atoms with Crippen LogP contribution in [-0.2, 0) is 4.79 Å². The van der Waals surface area contributed by atoms with Crippen LogP contribution in [0.3, 0.4) is 0 Å². The highest BCUT2D eigenvalue weighted by Gasteiger charge is 2.14. The van der Waals surface area contributed by atoms with Crippen molar-refractivity contribution >= 4 is 5.91 Å². The Labute approximate surface area is 96.8 Å². The summed E-state index contributed by atoms with van der Waals surface area (Å²) < 4.78 is 5.65. The first-order chi connectivity index (χ1) is 7.45. The zero-order valence-corrected chi connectivity index (χ0v) is 10.5. The van der Waals surface area contributed by atoms with Crippen molar-refractivity contribution in [1.82, 2.24) is 5.32 Å². The molecule has 0 spiro atoms. The Kier molecular flexibility index (Phi) is 3.93. The van der Waals surface area contributed by atoms with E-state index in [1.807, 2.05) is 26.8 Å². The molecule has 0 radical (unpaired) electrons. The number of hydrogen-bond acceptors (Lipinski definition) is 2. The Morgan fingerprint density at radius 2 is 1.94 bits per heavy atom. The Hall–Kier alpha value is -1.51. The van der Waals surface area contributed by atoms with E-state index in [0.717, 1.165) is 16.9 Å². The van der Waals surface area contributed by atoms with Crippen LogP contribution in [0, 0.1) is 20.8 Å². The van der Waals surface area contributed by atoms with Crippen molar-refractivity contribution in [1.29, 1.82) is 0 Å². The highest BCUT2D eigenvalue weighted by atomic mass is 16.5. The second kappa shape index (κ2) is 5.01. The number of ether oxygens (including phenoxy) is 1. The van der Waals surface area contributed by atoms with Crippen molar-refractivity contribution in [3.05, 3.63) is 28.8 Å². The second-order valence-electron chi connectivity index (χ2n) is 4.08. The van der Waals surface area contributed by atoms with Crippen molar-refractivity contribution in [2.24, 2.45) is 0 Å². The summed E-state index contributed by atoms with van der Waals surface area (Å²) in [5.74, 6) is 0.673. The molecule has 0 bridgehead atoms. The average molecular weight is 221 g/mol. The third-order valence-corrected chi connectivity index (χ3v) is 2.68. The molecular weight excluding hydrogens is 202 g/mol. The summed E-state index contributed by atoms with van der Waals surface area (Å²) in [5, 5.41) is 2.57. The molecule has 0 fully saturated rings. The van der Waals surface area contributed by atoms with Crippen molar-refractivity contribution in [2.75, 3.05) is 7.05 Å². The predicted molar refractivity (Wildman–Crippen MR) is 64.8 cm³/mol. The van der Waals surface area contributed by atoms with Crippen molar-refractivity contribution < 1.29 is 9.53 Å². The highest BCUT2D eigenvalue weighted by molar-refractivity contribution is 5.80. The molecule has 0 heterocycles. The first kappa shape index (κ1) is 12.6. The largest absolute Gasteiger partial charge is 0.481 e. The van der Waals surface area contributed by atoms with Gasteiger partial charge in [-0.1, -0.05) is 6.07 Å². The van der Waals surface area contributed by atoms with Gasteiger partial charge in [0.05, 0.1) is 0 Å². The standard InChI is InChI=1S/C13H19NO2/c1-8-6-9(2)10(3)12(7-8)16-11(4)13(15)14-5/h6-7,11H,1-5H3,(H,14,15)/t11-/m0/s1. The van der Waals surface area contributed by atoms with Gasteiger partial charge in [0.25, 0.3) is 5.91 Å². The molecule has 0 aliphatic rings. The van der Waals surface area contributed by atoms with E-state index in [2.05, 4.69) is 11.4 Å². The quantitative estimate of drug-likeness (QED) is 0.849. The Bertz CT molecular complexity index is 399. The van der Waals surface area contributed by atoms with Crippen LogP contribution >= 0.6 is 0 Å². The van der Waals surface area contributed by atoms with Crippen LogP contribution in [0.1, 0.15) is 23.6 Å². The smallest absolute Gasteiger partial charge is 0.260 e. The number of nitrogens with one attached hydrogen (secondary N) is 1. The van der Waals surface area contributed by atoms with Crippen LogP contribution in [-0.4, -0.2) is 19.1 Å². The summed E-state index contributed by atoms with van der Waals surface area (Å²) >= 11 is 0. The molecule has 1 aromatic carbocycles. The van der Waals surface area contributed by atoms with Gasteiger partial charge < -0.3 is 10.1 Å². The Morgan fingerprint density at radius 1 is 1.31 bits per heavy atom. The fraction of sp³-hybridized carbons (Fsp3) is 0.462. The van der Waals surface area contributed by atoms with Gasteiger partial charge in [-0.15, -0.1) is 0 Å². The number of aryl methyl sites for hydroxylation is 2. The molecule has 1 N–H and O–H groups in total. The Balaban J connectivity index is 2.93. The molecule has 0 aliphatic heterocycles. The lowest BCUT2D eigenvalue weighted by atomic mass is 10.1. The summed E-state index contributed by atoms with van der Waals surface area (Å²) in [4.78, 5) is 11.4. The molecule has 16 heavy (non-hydrogen) atoms. The summed E-state index contributed by atoms with van der Waals surface area (Å²) in [7, 11) is 1.61. The van der Waals surface area contributed by atoms with E-state index in [0.29, 0.717) is 0 Å². The molecule has 1 rings (SSSR count). The predicted octanol–water partition coefficient (Wildman–Crippen LogP) is 2.13. The van der Waals surface area contributed by atoms with E-state index in [1.165, 1.54) is 5.56 Å². The van der Waals surface area contributed by atoms with Crippen LogP contribution in [0.2, 0.25) is 0 Å². The minimum absolute atomic E-state index is 0.112. The van der Waals surface area contributed by atoms with E-state index >= 15 is 0 Å². The van der Waals surface area contributed by atoms with Gasteiger partial charge in [-0.2, -0.15) is 0 Å². The van der Waals surface area contributed by atoms with Gasteiger partial charge in [-0.25, -0.2) is 0 Å². The van der Waals surface area contributed by atoms with Crippen LogP contribution < -0.4 is 10.1 Å². The maximum absolute atomic E-state index is 11.4. The third kappa shape index (κ3) is 2.75. The van der Waals surface area contributed by atoms with Crippen molar-refractivity contribution in [3.63, 3.8) is 0 Å². The summed E-state index contributed by atoms with van der Waals surface area (Å²) in [6, 6.07) is 4.06. The Morgan fingerprint density at radius 3 is 2.50 bits per heavy atom. The van der Waals surface area contributed by atoms with Gasteiger partial charge in [0.15, 0.2) is 6.10 Å². The number of carbonyl (C=O) groups excluding carboxylic acids is 1. The zero-order chi connectivity index (χ0) is 12.3. The van der Waals surface area contributed by atoms with Gasteiger partial charge in [-0.05, 0) is 50.5 Å². The third-order valence-electron chi connectivity index (χ3n) is 2.68. The van der Waals surface area contributed by atoms with Gasteiger partial charge in [0.1, 0.15) is 5.75 Å². The van der Waals surface area contributed by atoms with Gasteiger partial charge in [0, 0.05) is 7.05 Å². The zero-order valence-electron chi connectivity index (χ0n) is 10.5. The van der Waals surface area contributed by atoms with Crippen LogP contribution in [0.5, 0.6) is 5.75 Å². The fourth-order valence-corrected chi connectivity index (χ4v) is 1.57. The lowest BCUT2D eigenvalue weighted by Gasteiger charge is -2.16. The monoisotopic (exact) mass is 221 g/mol. The molecule has 0 aromatic heterocycles. The molecule has 0 saturated carbocycles. The highest BCUT2D eigenvalue weighted by Crippen LogP contribution is 2.24. The minimum atomic E-state index is -0.468.